The first kappa shape index (κ1) is 12.9. The summed E-state index contributed by atoms with van der Waals surface area (Å²) >= 11 is 0. The van der Waals surface area contributed by atoms with E-state index in [1.165, 1.54) is 25.9 Å². The zero-order valence-corrected chi connectivity index (χ0v) is 10.7. The molecule has 0 radical (unpaired) electrons. The van der Waals surface area contributed by atoms with Crippen LogP contribution < -0.4 is 5.32 Å². The number of nitrogens with one attached hydrogen (secondary N) is 1. The second-order valence-electron chi connectivity index (χ2n) is 5.49. The van der Waals surface area contributed by atoms with Crippen molar-refractivity contribution in [1.29, 1.82) is 0 Å². The molecule has 1 N–H and O–H groups in total. The average Bonchev–Trinajstić information content (AvgIpc) is 2.18. The quantitative estimate of drug-likeness (QED) is 0.747. The summed E-state index contributed by atoms with van der Waals surface area (Å²) in [6, 6.07) is 0.752. The molecule has 1 fully saturated rings. The van der Waals surface area contributed by atoms with Crippen LogP contribution in [0.5, 0.6) is 0 Å². The lowest BCUT2D eigenvalue weighted by Gasteiger charge is -2.37. The molecule has 0 spiro atoms. The summed E-state index contributed by atoms with van der Waals surface area (Å²) < 4.78 is 5.26. The van der Waals surface area contributed by atoms with Gasteiger partial charge in [0.25, 0.3) is 0 Å². The summed E-state index contributed by atoms with van der Waals surface area (Å²) in [7, 11) is 4.03. The Morgan fingerprint density at radius 3 is 2.47 bits per heavy atom. The van der Waals surface area contributed by atoms with E-state index in [2.05, 4.69) is 31.1 Å². The van der Waals surface area contributed by atoms with Crippen LogP contribution in [-0.2, 0) is 4.74 Å². The Labute approximate surface area is 94.2 Å². The maximum atomic E-state index is 5.26. The molecule has 0 aromatic heterocycles. The first-order valence-corrected chi connectivity index (χ1v) is 5.95. The summed E-state index contributed by atoms with van der Waals surface area (Å²) in [5, 5.41) is 3.41. The molecule has 0 unspecified atom stereocenters. The molecule has 0 amide bonds. The van der Waals surface area contributed by atoms with E-state index in [1.54, 1.807) is 7.11 Å². The van der Waals surface area contributed by atoms with E-state index in [9.17, 15) is 0 Å². The van der Waals surface area contributed by atoms with Crippen molar-refractivity contribution in [2.45, 2.75) is 32.7 Å². The largest absolute Gasteiger partial charge is 0.384 e. The fourth-order valence-electron chi connectivity index (χ4n) is 2.49. The minimum absolute atomic E-state index is 0.258. The topological polar surface area (TPSA) is 24.5 Å². The molecule has 1 aliphatic rings. The van der Waals surface area contributed by atoms with Crippen LogP contribution in [-0.4, -0.2) is 51.3 Å². The van der Waals surface area contributed by atoms with E-state index < -0.39 is 0 Å². The van der Waals surface area contributed by atoms with Crippen LogP contribution in [0.25, 0.3) is 0 Å². The Bertz CT molecular complexity index is 176. The summed E-state index contributed by atoms with van der Waals surface area (Å²) in [6.45, 7) is 8.83. The minimum atomic E-state index is 0.258. The second kappa shape index (κ2) is 5.83. The molecule has 0 bridgehead atoms. The number of hydrogen-bond acceptors (Lipinski definition) is 3. The Morgan fingerprint density at radius 1 is 1.33 bits per heavy atom. The molecule has 15 heavy (non-hydrogen) atoms. The van der Waals surface area contributed by atoms with Gasteiger partial charge in [-0.25, -0.2) is 0 Å². The van der Waals surface area contributed by atoms with Gasteiger partial charge in [-0.1, -0.05) is 13.8 Å². The predicted molar refractivity (Wildman–Crippen MR) is 64.2 cm³/mol. The van der Waals surface area contributed by atoms with Crippen molar-refractivity contribution in [1.82, 2.24) is 10.2 Å². The van der Waals surface area contributed by atoms with Gasteiger partial charge in [0.1, 0.15) is 0 Å². The molecule has 1 rings (SSSR count). The van der Waals surface area contributed by atoms with E-state index in [0.29, 0.717) is 0 Å². The van der Waals surface area contributed by atoms with Gasteiger partial charge in [0, 0.05) is 25.1 Å². The molecule has 0 aliphatic carbocycles. The van der Waals surface area contributed by atoms with Crippen LogP contribution in [0.4, 0.5) is 0 Å². The Hall–Kier alpha value is -0.120. The summed E-state index contributed by atoms with van der Waals surface area (Å²) in [5.74, 6) is 0. The van der Waals surface area contributed by atoms with Crippen molar-refractivity contribution in [2.24, 2.45) is 5.41 Å². The monoisotopic (exact) mass is 214 g/mol. The first-order chi connectivity index (χ1) is 7.05. The molecule has 0 aromatic rings. The Kier molecular flexibility index (Phi) is 5.03. The molecular weight excluding hydrogens is 188 g/mol. The number of ether oxygens (including phenoxy) is 1. The van der Waals surface area contributed by atoms with E-state index in [1.807, 2.05) is 0 Å². The van der Waals surface area contributed by atoms with Crippen LogP contribution in [0.1, 0.15) is 26.7 Å². The van der Waals surface area contributed by atoms with E-state index in [0.717, 1.165) is 19.2 Å². The first-order valence-electron chi connectivity index (χ1n) is 5.95. The van der Waals surface area contributed by atoms with Gasteiger partial charge in [0.05, 0.1) is 6.61 Å². The Morgan fingerprint density at radius 2 is 1.93 bits per heavy atom. The fourth-order valence-corrected chi connectivity index (χ4v) is 2.49. The lowest BCUT2D eigenvalue weighted by molar-refractivity contribution is 0.0591. The average molecular weight is 214 g/mol. The third-order valence-corrected chi connectivity index (χ3v) is 3.14. The van der Waals surface area contributed by atoms with Gasteiger partial charge in [-0.2, -0.15) is 0 Å². The highest BCUT2D eigenvalue weighted by Gasteiger charge is 2.25. The number of piperidine rings is 1. The van der Waals surface area contributed by atoms with Crippen molar-refractivity contribution in [2.75, 3.05) is 40.4 Å². The summed E-state index contributed by atoms with van der Waals surface area (Å²) in [4.78, 5) is 2.50. The normalized spacial score (nSPS) is 19.8. The fraction of sp³-hybridized carbons (Fsp3) is 1.00. The van der Waals surface area contributed by atoms with Gasteiger partial charge in [-0.05, 0) is 33.0 Å². The molecule has 3 heteroatoms. The highest BCUT2D eigenvalue weighted by Crippen LogP contribution is 2.20. The van der Waals surface area contributed by atoms with Crippen molar-refractivity contribution in [3.05, 3.63) is 0 Å². The number of rotatable bonds is 5. The lowest BCUT2D eigenvalue weighted by Crippen LogP contribution is -2.45. The van der Waals surface area contributed by atoms with E-state index >= 15 is 0 Å². The van der Waals surface area contributed by atoms with Gasteiger partial charge < -0.3 is 15.0 Å². The van der Waals surface area contributed by atoms with E-state index in [4.69, 9.17) is 4.74 Å². The maximum Gasteiger partial charge on any atom is 0.0525 e. The van der Waals surface area contributed by atoms with Gasteiger partial charge in [-0.15, -0.1) is 0 Å². The van der Waals surface area contributed by atoms with Gasteiger partial charge in [0.15, 0.2) is 0 Å². The zero-order chi connectivity index (χ0) is 11.3. The molecule has 1 heterocycles. The minimum Gasteiger partial charge on any atom is -0.384 e. The smallest absolute Gasteiger partial charge is 0.0525 e. The SMILES string of the molecule is COCC(C)(C)CN(C)C1CCNCC1. The van der Waals surface area contributed by atoms with Crippen LogP contribution in [0.15, 0.2) is 0 Å². The Balaban J connectivity index is 2.35. The van der Waals surface area contributed by atoms with Crippen LogP contribution >= 0.6 is 0 Å². The lowest BCUT2D eigenvalue weighted by atomic mass is 9.92. The molecular formula is C12H26N2O. The van der Waals surface area contributed by atoms with Crippen LogP contribution in [0, 0.1) is 5.41 Å². The molecule has 0 aromatic carbocycles. The number of nitrogens with zero attached hydrogens (tertiary/aromatic N) is 1. The third kappa shape index (κ3) is 4.49. The highest BCUT2D eigenvalue weighted by atomic mass is 16.5. The molecule has 3 nitrogen and oxygen atoms in total. The van der Waals surface area contributed by atoms with Crippen molar-refractivity contribution >= 4 is 0 Å². The molecule has 0 saturated carbocycles. The summed E-state index contributed by atoms with van der Waals surface area (Å²) in [6.07, 6.45) is 2.55. The predicted octanol–water partition coefficient (Wildman–Crippen LogP) is 1.34. The van der Waals surface area contributed by atoms with Crippen LogP contribution in [0.3, 0.4) is 0 Å². The number of hydrogen-bond donors (Lipinski definition) is 1. The second-order valence-corrected chi connectivity index (χ2v) is 5.49. The van der Waals surface area contributed by atoms with E-state index in [-0.39, 0.29) is 5.41 Å². The highest BCUT2D eigenvalue weighted by molar-refractivity contribution is 4.80. The third-order valence-electron chi connectivity index (χ3n) is 3.14. The van der Waals surface area contributed by atoms with Crippen molar-refractivity contribution in [3.63, 3.8) is 0 Å². The van der Waals surface area contributed by atoms with Gasteiger partial charge in [0.2, 0.25) is 0 Å². The van der Waals surface area contributed by atoms with Crippen LogP contribution in [0.2, 0.25) is 0 Å². The standard InChI is InChI=1S/C12H26N2O/c1-12(2,10-15-4)9-14(3)11-5-7-13-8-6-11/h11,13H,5-10H2,1-4H3. The molecule has 1 saturated heterocycles. The molecule has 1 aliphatic heterocycles. The van der Waals surface area contributed by atoms with Gasteiger partial charge in [-0.3, -0.25) is 0 Å². The van der Waals surface area contributed by atoms with Crippen molar-refractivity contribution < 1.29 is 4.74 Å². The number of methoxy groups -OCH3 is 1. The van der Waals surface area contributed by atoms with Gasteiger partial charge >= 0.3 is 0 Å². The molecule has 0 atom stereocenters. The maximum absolute atomic E-state index is 5.26. The molecule has 90 valence electrons. The summed E-state index contributed by atoms with van der Waals surface area (Å²) in [5.41, 5.74) is 0.258. The van der Waals surface area contributed by atoms with Crippen molar-refractivity contribution in [3.8, 4) is 0 Å². The zero-order valence-electron chi connectivity index (χ0n) is 10.7.